The summed E-state index contributed by atoms with van der Waals surface area (Å²) in [7, 11) is 1.61. The van der Waals surface area contributed by atoms with E-state index in [4.69, 9.17) is 9.84 Å². The number of nitrogens with zero attached hydrogens (tertiary/aromatic N) is 2. The molecular weight excluding hydrogens is 340 g/mol. The number of methoxy groups -OCH3 is 1. The predicted molar refractivity (Wildman–Crippen MR) is 97.3 cm³/mol. The van der Waals surface area contributed by atoms with Crippen LogP contribution in [0.5, 0.6) is 5.75 Å². The summed E-state index contributed by atoms with van der Waals surface area (Å²) in [6, 6.07) is 7.53. The van der Waals surface area contributed by atoms with E-state index in [2.05, 4.69) is 4.98 Å². The molecule has 0 spiro atoms. The topological polar surface area (TPSA) is 80.9 Å². The molecule has 0 aliphatic heterocycles. The molecule has 7 heteroatoms. The van der Waals surface area contributed by atoms with Gasteiger partial charge in [0.25, 0.3) is 5.56 Å². The lowest BCUT2D eigenvalue weighted by Crippen LogP contribution is -2.21. The largest absolute Gasteiger partial charge is 0.497 e. The first kappa shape index (κ1) is 16.9. The summed E-state index contributed by atoms with van der Waals surface area (Å²) in [5.41, 5.74) is 2.22. The van der Waals surface area contributed by atoms with Gasteiger partial charge in [0.05, 0.1) is 19.2 Å². The molecule has 0 unspecified atom stereocenters. The Labute approximate surface area is 147 Å². The van der Waals surface area contributed by atoms with Gasteiger partial charge in [0, 0.05) is 16.6 Å². The lowest BCUT2D eigenvalue weighted by molar-refractivity contribution is -0.136. The number of rotatable bonds is 5. The minimum atomic E-state index is -0.979. The average Bonchev–Trinajstić information content (AvgIpc) is 2.99. The molecule has 2 heterocycles. The molecule has 0 saturated heterocycles. The van der Waals surface area contributed by atoms with Crippen molar-refractivity contribution >= 4 is 34.4 Å². The summed E-state index contributed by atoms with van der Waals surface area (Å²) in [5.74, 6) is -0.205. The maximum atomic E-state index is 12.6. The first-order valence-corrected chi connectivity index (χ1v) is 8.41. The standard InChI is InChI=1S/C18H16N2O4S/c1-11-15(8-5-12-3-6-14(24-2)7-4-12)19-18-20(17(11)23)13(10-25-18)9-16(21)22/h3-8,10H,9H2,1-2H3,(H,21,22). The lowest BCUT2D eigenvalue weighted by Gasteiger charge is -2.03. The van der Waals surface area contributed by atoms with Gasteiger partial charge in [-0.05, 0) is 30.7 Å². The van der Waals surface area contributed by atoms with Gasteiger partial charge in [-0.15, -0.1) is 11.3 Å². The van der Waals surface area contributed by atoms with Crippen LogP contribution in [0, 0.1) is 6.92 Å². The van der Waals surface area contributed by atoms with E-state index >= 15 is 0 Å². The Bertz CT molecular complexity index is 1020. The van der Waals surface area contributed by atoms with Gasteiger partial charge in [-0.2, -0.15) is 0 Å². The number of carbonyl (C=O) groups is 1. The fraction of sp³-hybridized carbons (Fsp3) is 0.167. The first-order chi connectivity index (χ1) is 12.0. The van der Waals surface area contributed by atoms with E-state index < -0.39 is 5.97 Å². The smallest absolute Gasteiger partial charge is 0.309 e. The number of thiazole rings is 1. The first-order valence-electron chi connectivity index (χ1n) is 7.53. The molecule has 0 bridgehead atoms. The van der Waals surface area contributed by atoms with E-state index in [-0.39, 0.29) is 12.0 Å². The molecular formula is C18H16N2O4S. The molecule has 0 aliphatic carbocycles. The van der Waals surface area contributed by atoms with Crippen molar-refractivity contribution in [2.75, 3.05) is 7.11 Å². The maximum absolute atomic E-state index is 12.6. The highest BCUT2D eigenvalue weighted by Crippen LogP contribution is 2.17. The summed E-state index contributed by atoms with van der Waals surface area (Å²) in [4.78, 5) is 28.5. The van der Waals surface area contributed by atoms with Crippen LogP contribution in [-0.2, 0) is 11.2 Å². The number of benzene rings is 1. The number of aliphatic carboxylic acids is 1. The van der Waals surface area contributed by atoms with Crippen molar-refractivity contribution in [1.29, 1.82) is 0 Å². The van der Waals surface area contributed by atoms with Gasteiger partial charge in [-0.25, -0.2) is 4.98 Å². The van der Waals surface area contributed by atoms with Gasteiger partial charge in [-0.3, -0.25) is 14.0 Å². The van der Waals surface area contributed by atoms with Crippen LogP contribution >= 0.6 is 11.3 Å². The van der Waals surface area contributed by atoms with Crippen molar-refractivity contribution in [3.63, 3.8) is 0 Å². The van der Waals surface area contributed by atoms with Gasteiger partial charge >= 0.3 is 5.97 Å². The van der Waals surface area contributed by atoms with E-state index in [0.29, 0.717) is 21.9 Å². The Balaban J connectivity index is 1.99. The van der Waals surface area contributed by atoms with Crippen LogP contribution in [-0.4, -0.2) is 27.6 Å². The molecule has 25 heavy (non-hydrogen) atoms. The summed E-state index contributed by atoms with van der Waals surface area (Å²) in [5, 5.41) is 10.6. The Morgan fingerprint density at radius 3 is 2.68 bits per heavy atom. The van der Waals surface area contributed by atoms with Crippen molar-refractivity contribution < 1.29 is 14.6 Å². The fourth-order valence-corrected chi connectivity index (χ4v) is 3.32. The normalized spacial score (nSPS) is 11.3. The summed E-state index contributed by atoms with van der Waals surface area (Å²) in [6.07, 6.45) is 3.45. The molecule has 0 atom stereocenters. The van der Waals surface area contributed by atoms with E-state index in [0.717, 1.165) is 11.3 Å². The maximum Gasteiger partial charge on any atom is 0.309 e. The number of fused-ring (bicyclic) bond motifs is 1. The molecule has 0 aliphatic rings. The van der Waals surface area contributed by atoms with Crippen molar-refractivity contribution in [2.24, 2.45) is 0 Å². The Kier molecular flexibility index (Phi) is 4.67. The molecule has 1 N–H and O–H groups in total. The third-order valence-electron chi connectivity index (χ3n) is 3.78. The van der Waals surface area contributed by atoms with Crippen LogP contribution in [0.1, 0.15) is 22.5 Å². The molecule has 0 saturated carbocycles. The molecule has 2 aromatic heterocycles. The molecule has 3 rings (SSSR count). The van der Waals surface area contributed by atoms with Crippen LogP contribution in [0.15, 0.2) is 34.4 Å². The number of hydrogen-bond acceptors (Lipinski definition) is 5. The van der Waals surface area contributed by atoms with Crippen LogP contribution in [0.3, 0.4) is 0 Å². The van der Waals surface area contributed by atoms with Crippen molar-refractivity contribution in [3.05, 3.63) is 62.5 Å². The minimum Gasteiger partial charge on any atom is -0.497 e. The Hall–Kier alpha value is -2.93. The number of ether oxygens (including phenoxy) is 1. The zero-order valence-corrected chi connectivity index (χ0v) is 14.5. The summed E-state index contributed by atoms with van der Waals surface area (Å²) >= 11 is 1.26. The minimum absolute atomic E-state index is 0.206. The molecule has 0 fully saturated rings. The Morgan fingerprint density at radius 2 is 2.04 bits per heavy atom. The monoisotopic (exact) mass is 356 g/mol. The summed E-state index contributed by atoms with van der Waals surface area (Å²) < 4.78 is 6.50. The quantitative estimate of drug-likeness (QED) is 0.760. The zero-order chi connectivity index (χ0) is 18.0. The zero-order valence-electron chi connectivity index (χ0n) is 13.7. The SMILES string of the molecule is COc1ccc(C=Cc2nc3scc(CC(=O)O)n3c(=O)c2C)cc1. The van der Waals surface area contributed by atoms with Crippen LogP contribution in [0.2, 0.25) is 0 Å². The van der Waals surface area contributed by atoms with E-state index in [9.17, 15) is 9.59 Å². The molecule has 0 radical (unpaired) electrons. The van der Waals surface area contributed by atoms with E-state index in [1.54, 1.807) is 25.5 Å². The highest BCUT2D eigenvalue weighted by Gasteiger charge is 2.14. The number of hydrogen-bond donors (Lipinski definition) is 1. The number of carboxylic acids is 1. The average molecular weight is 356 g/mol. The second-order valence-electron chi connectivity index (χ2n) is 5.45. The van der Waals surface area contributed by atoms with Crippen LogP contribution < -0.4 is 10.3 Å². The molecule has 1 aromatic carbocycles. The lowest BCUT2D eigenvalue weighted by atomic mass is 10.1. The third-order valence-corrected chi connectivity index (χ3v) is 4.66. The molecule has 6 nitrogen and oxygen atoms in total. The number of carboxylic acid groups (broad SMARTS) is 1. The second kappa shape index (κ2) is 6.90. The summed E-state index contributed by atoms with van der Waals surface area (Å²) in [6.45, 7) is 1.69. The molecule has 3 aromatic rings. The van der Waals surface area contributed by atoms with Gasteiger partial charge in [0.15, 0.2) is 4.96 Å². The van der Waals surface area contributed by atoms with Gasteiger partial charge in [0.2, 0.25) is 0 Å². The van der Waals surface area contributed by atoms with Gasteiger partial charge in [-0.1, -0.05) is 18.2 Å². The van der Waals surface area contributed by atoms with Crippen molar-refractivity contribution in [1.82, 2.24) is 9.38 Å². The van der Waals surface area contributed by atoms with E-state index in [1.807, 2.05) is 30.3 Å². The highest BCUT2D eigenvalue weighted by molar-refractivity contribution is 7.15. The predicted octanol–water partition coefficient (Wildman–Crippen LogP) is 2.87. The van der Waals surface area contributed by atoms with Crippen molar-refractivity contribution in [3.8, 4) is 5.75 Å². The molecule has 0 amide bonds. The highest BCUT2D eigenvalue weighted by atomic mass is 32.1. The molecule has 128 valence electrons. The third kappa shape index (κ3) is 3.46. The van der Waals surface area contributed by atoms with E-state index in [1.165, 1.54) is 15.7 Å². The van der Waals surface area contributed by atoms with Crippen molar-refractivity contribution in [2.45, 2.75) is 13.3 Å². The van der Waals surface area contributed by atoms with Crippen LogP contribution in [0.25, 0.3) is 17.1 Å². The van der Waals surface area contributed by atoms with Gasteiger partial charge < -0.3 is 9.84 Å². The Morgan fingerprint density at radius 1 is 1.32 bits per heavy atom. The van der Waals surface area contributed by atoms with Gasteiger partial charge in [0.1, 0.15) is 5.75 Å². The van der Waals surface area contributed by atoms with Crippen LogP contribution in [0.4, 0.5) is 0 Å². The fourth-order valence-electron chi connectivity index (χ4n) is 2.43. The number of aromatic nitrogens is 2. The second-order valence-corrected chi connectivity index (χ2v) is 6.29.